The number of amides is 1. The fourth-order valence-electron chi connectivity index (χ4n) is 1.39. The van der Waals surface area contributed by atoms with Crippen molar-refractivity contribution < 1.29 is 9.18 Å². The van der Waals surface area contributed by atoms with Gasteiger partial charge in [0.2, 0.25) is 5.91 Å². The van der Waals surface area contributed by atoms with Crippen LogP contribution >= 0.6 is 0 Å². The zero-order valence-corrected chi connectivity index (χ0v) is 7.75. The molecule has 0 spiro atoms. The SMILES string of the molecule is Cc1nc(C2(C(N)=O)CC2)ncc1F. The lowest BCUT2D eigenvalue weighted by Crippen LogP contribution is -2.30. The molecule has 1 heterocycles. The van der Waals surface area contributed by atoms with Crippen LogP contribution < -0.4 is 5.73 Å². The summed E-state index contributed by atoms with van der Waals surface area (Å²) in [7, 11) is 0. The number of nitrogens with two attached hydrogens (primary N) is 1. The van der Waals surface area contributed by atoms with Crippen molar-refractivity contribution in [2.75, 3.05) is 0 Å². The van der Waals surface area contributed by atoms with E-state index in [2.05, 4.69) is 9.97 Å². The van der Waals surface area contributed by atoms with Gasteiger partial charge in [-0.25, -0.2) is 14.4 Å². The van der Waals surface area contributed by atoms with Crippen LogP contribution in [0.25, 0.3) is 0 Å². The first kappa shape index (κ1) is 9.05. The summed E-state index contributed by atoms with van der Waals surface area (Å²) in [6.07, 6.45) is 2.40. The fraction of sp³-hybridized carbons (Fsp3) is 0.444. The molecule has 2 N–H and O–H groups in total. The molecule has 74 valence electrons. The number of rotatable bonds is 2. The van der Waals surface area contributed by atoms with E-state index in [-0.39, 0.29) is 5.69 Å². The molecule has 1 aromatic heterocycles. The highest BCUT2D eigenvalue weighted by molar-refractivity contribution is 5.88. The molecule has 0 unspecified atom stereocenters. The number of aryl methyl sites for hydroxylation is 1. The number of halogens is 1. The summed E-state index contributed by atoms with van der Waals surface area (Å²) in [5.74, 6) is -0.540. The second-order valence-electron chi connectivity index (χ2n) is 3.57. The van der Waals surface area contributed by atoms with Gasteiger partial charge in [0, 0.05) is 0 Å². The number of hydrogen-bond donors (Lipinski definition) is 1. The Balaban J connectivity index is 2.43. The molecule has 0 aliphatic heterocycles. The Hall–Kier alpha value is -1.52. The first-order valence-corrected chi connectivity index (χ1v) is 4.36. The second-order valence-corrected chi connectivity index (χ2v) is 3.57. The number of carbonyl (C=O) groups is 1. The molecule has 0 aromatic carbocycles. The van der Waals surface area contributed by atoms with Gasteiger partial charge in [0.15, 0.2) is 5.82 Å². The minimum Gasteiger partial charge on any atom is -0.369 e. The Morgan fingerprint density at radius 2 is 2.29 bits per heavy atom. The van der Waals surface area contributed by atoms with Crippen LogP contribution in [-0.2, 0) is 10.2 Å². The molecule has 1 aromatic rings. The maximum Gasteiger partial charge on any atom is 0.231 e. The molecule has 0 bridgehead atoms. The van der Waals surface area contributed by atoms with E-state index in [4.69, 9.17) is 5.73 Å². The van der Waals surface area contributed by atoms with Crippen molar-refractivity contribution in [3.05, 3.63) is 23.5 Å². The van der Waals surface area contributed by atoms with Crippen molar-refractivity contribution in [2.24, 2.45) is 5.73 Å². The average Bonchev–Trinajstić information content (AvgIpc) is 2.90. The predicted molar refractivity (Wildman–Crippen MR) is 46.8 cm³/mol. The topological polar surface area (TPSA) is 68.9 Å². The molecular formula is C9H10FN3O. The van der Waals surface area contributed by atoms with Gasteiger partial charge in [-0.1, -0.05) is 0 Å². The maximum absolute atomic E-state index is 12.9. The zero-order valence-electron chi connectivity index (χ0n) is 7.75. The highest BCUT2D eigenvalue weighted by Crippen LogP contribution is 2.46. The lowest BCUT2D eigenvalue weighted by molar-refractivity contribution is -0.120. The Labute approximate surface area is 80.4 Å². The quantitative estimate of drug-likeness (QED) is 0.744. The Morgan fingerprint density at radius 3 is 2.71 bits per heavy atom. The van der Waals surface area contributed by atoms with Crippen LogP contribution in [0.15, 0.2) is 6.20 Å². The molecule has 0 radical (unpaired) electrons. The second kappa shape index (κ2) is 2.73. The van der Waals surface area contributed by atoms with Crippen LogP contribution in [0.4, 0.5) is 4.39 Å². The van der Waals surface area contributed by atoms with E-state index in [0.717, 1.165) is 6.20 Å². The van der Waals surface area contributed by atoms with Gasteiger partial charge < -0.3 is 5.73 Å². The van der Waals surface area contributed by atoms with Crippen molar-refractivity contribution in [3.63, 3.8) is 0 Å². The number of carbonyl (C=O) groups excluding carboxylic acids is 1. The van der Waals surface area contributed by atoms with Crippen LogP contribution in [-0.4, -0.2) is 15.9 Å². The van der Waals surface area contributed by atoms with E-state index >= 15 is 0 Å². The summed E-state index contributed by atoms with van der Waals surface area (Å²) in [6.45, 7) is 1.54. The molecule has 1 aliphatic carbocycles. The number of hydrogen-bond acceptors (Lipinski definition) is 3. The smallest absolute Gasteiger partial charge is 0.231 e. The Kier molecular flexibility index (Phi) is 1.77. The largest absolute Gasteiger partial charge is 0.369 e. The molecule has 1 fully saturated rings. The minimum absolute atomic E-state index is 0.252. The third-order valence-corrected chi connectivity index (χ3v) is 2.57. The maximum atomic E-state index is 12.9. The molecule has 5 heteroatoms. The molecule has 0 saturated heterocycles. The van der Waals surface area contributed by atoms with Gasteiger partial charge in [0.05, 0.1) is 11.9 Å². The van der Waals surface area contributed by atoms with E-state index in [1.807, 2.05) is 0 Å². The van der Waals surface area contributed by atoms with Gasteiger partial charge in [-0.15, -0.1) is 0 Å². The van der Waals surface area contributed by atoms with Gasteiger partial charge in [-0.3, -0.25) is 4.79 Å². The Bertz CT molecular complexity index is 401. The lowest BCUT2D eigenvalue weighted by atomic mass is 10.1. The molecule has 1 aliphatic rings. The summed E-state index contributed by atoms with van der Waals surface area (Å²) in [5.41, 5.74) is 4.77. The highest BCUT2D eigenvalue weighted by atomic mass is 19.1. The summed E-state index contributed by atoms with van der Waals surface area (Å²) in [4.78, 5) is 18.9. The van der Waals surface area contributed by atoms with Crippen molar-refractivity contribution in [1.29, 1.82) is 0 Å². The van der Waals surface area contributed by atoms with E-state index in [0.29, 0.717) is 18.7 Å². The predicted octanol–water partition coefficient (Wildman–Crippen LogP) is 0.441. The van der Waals surface area contributed by atoms with Crippen LogP contribution in [0.3, 0.4) is 0 Å². The normalized spacial score (nSPS) is 17.9. The average molecular weight is 195 g/mol. The molecule has 2 rings (SSSR count). The van der Waals surface area contributed by atoms with Gasteiger partial charge in [-0.05, 0) is 19.8 Å². The van der Waals surface area contributed by atoms with E-state index in [1.165, 1.54) is 6.92 Å². The fourth-order valence-corrected chi connectivity index (χ4v) is 1.39. The summed E-state index contributed by atoms with van der Waals surface area (Å²) < 4.78 is 12.9. The highest BCUT2D eigenvalue weighted by Gasteiger charge is 2.52. The molecule has 4 nitrogen and oxygen atoms in total. The van der Waals surface area contributed by atoms with Crippen LogP contribution in [0, 0.1) is 12.7 Å². The van der Waals surface area contributed by atoms with Crippen molar-refractivity contribution in [1.82, 2.24) is 9.97 Å². The first-order chi connectivity index (χ1) is 6.56. The first-order valence-electron chi connectivity index (χ1n) is 4.36. The minimum atomic E-state index is -0.724. The summed E-state index contributed by atoms with van der Waals surface area (Å²) >= 11 is 0. The number of nitrogens with zero attached hydrogens (tertiary/aromatic N) is 2. The third-order valence-electron chi connectivity index (χ3n) is 2.57. The van der Waals surface area contributed by atoms with Gasteiger partial charge in [-0.2, -0.15) is 0 Å². The van der Waals surface area contributed by atoms with Gasteiger partial charge in [0.1, 0.15) is 11.2 Å². The van der Waals surface area contributed by atoms with E-state index in [1.54, 1.807) is 0 Å². The van der Waals surface area contributed by atoms with E-state index < -0.39 is 17.1 Å². The van der Waals surface area contributed by atoms with Crippen molar-refractivity contribution >= 4 is 5.91 Å². The molecule has 0 atom stereocenters. The van der Waals surface area contributed by atoms with Gasteiger partial charge >= 0.3 is 0 Å². The van der Waals surface area contributed by atoms with Crippen LogP contribution in [0.1, 0.15) is 24.4 Å². The molecule has 14 heavy (non-hydrogen) atoms. The lowest BCUT2D eigenvalue weighted by Gasteiger charge is -2.09. The molecule has 1 saturated carbocycles. The van der Waals surface area contributed by atoms with Crippen molar-refractivity contribution in [2.45, 2.75) is 25.2 Å². The molecular weight excluding hydrogens is 185 g/mol. The summed E-state index contributed by atoms with van der Waals surface area (Å²) in [6, 6.07) is 0. The summed E-state index contributed by atoms with van der Waals surface area (Å²) in [5, 5.41) is 0. The third kappa shape index (κ3) is 1.16. The standard InChI is InChI=1S/C9H10FN3O/c1-5-6(10)4-12-8(13-5)9(2-3-9)7(11)14/h4H,2-3H2,1H3,(H2,11,14). The number of aromatic nitrogens is 2. The van der Waals surface area contributed by atoms with Crippen LogP contribution in [0.2, 0.25) is 0 Å². The van der Waals surface area contributed by atoms with E-state index in [9.17, 15) is 9.18 Å². The Morgan fingerprint density at radius 1 is 1.64 bits per heavy atom. The molecule has 1 amide bonds. The van der Waals surface area contributed by atoms with Crippen molar-refractivity contribution in [3.8, 4) is 0 Å². The van der Waals surface area contributed by atoms with Gasteiger partial charge in [0.25, 0.3) is 0 Å². The number of primary amides is 1. The monoisotopic (exact) mass is 195 g/mol. The van der Waals surface area contributed by atoms with Crippen LogP contribution in [0.5, 0.6) is 0 Å². The zero-order chi connectivity index (χ0) is 10.3.